The first-order chi connectivity index (χ1) is 14.2. The lowest BCUT2D eigenvalue weighted by Crippen LogP contribution is -2.35. The zero-order valence-electron chi connectivity index (χ0n) is 17.1. The maximum absolute atomic E-state index is 12.7. The largest absolute Gasteiger partial charge is 0.457 e. The zero-order valence-corrected chi connectivity index (χ0v) is 18.8. The molecule has 0 radical (unpaired) electrons. The summed E-state index contributed by atoms with van der Waals surface area (Å²) in [6.45, 7) is 6.23. The molecule has 1 aliphatic heterocycles. The van der Waals surface area contributed by atoms with E-state index in [0.717, 1.165) is 11.3 Å². The van der Waals surface area contributed by atoms with Gasteiger partial charge in [-0.15, -0.1) is 0 Å². The number of ether oxygens (including phenoxy) is 1. The number of hydrogen-bond acceptors (Lipinski definition) is 6. The van der Waals surface area contributed by atoms with Crippen LogP contribution in [0, 0.1) is 0 Å². The van der Waals surface area contributed by atoms with Gasteiger partial charge in [0, 0.05) is 24.7 Å². The Kier molecular flexibility index (Phi) is 6.99. The van der Waals surface area contributed by atoms with Crippen molar-refractivity contribution in [3.63, 3.8) is 0 Å². The van der Waals surface area contributed by atoms with Gasteiger partial charge in [0.2, 0.25) is 0 Å². The molecule has 6 nitrogen and oxygen atoms in total. The molecule has 1 N–H and O–H groups in total. The number of furan rings is 1. The van der Waals surface area contributed by atoms with Crippen LogP contribution in [-0.4, -0.2) is 39.9 Å². The zero-order chi connectivity index (χ0) is 21.7. The number of amides is 2. The third-order valence-corrected chi connectivity index (χ3v) is 5.44. The van der Waals surface area contributed by atoms with Gasteiger partial charge < -0.3 is 14.5 Å². The van der Waals surface area contributed by atoms with Crippen LogP contribution in [0.3, 0.4) is 0 Å². The van der Waals surface area contributed by atoms with Crippen LogP contribution < -0.4 is 5.32 Å². The molecule has 1 aliphatic rings. The second-order valence-electron chi connectivity index (χ2n) is 7.68. The topological polar surface area (TPSA) is 71.8 Å². The molecule has 0 saturated carbocycles. The Morgan fingerprint density at radius 3 is 2.67 bits per heavy atom. The van der Waals surface area contributed by atoms with Crippen LogP contribution in [0.1, 0.15) is 33.0 Å². The average Bonchev–Trinajstić information content (AvgIpc) is 3.24. The molecule has 1 fully saturated rings. The van der Waals surface area contributed by atoms with Gasteiger partial charge in [-0.3, -0.25) is 9.69 Å². The average molecular weight is 445 g/mol. The van der Waals surface area contributed by atoms with Crippen molar-refractivity contribution in [3.8, 4) is 11.3 Å². The molecular weight excluding hydrogens is 420 g/mol. The number of nitrogens with one attached hydrogen (secondary N) is 1. The van der Waals surface area contributed by atoms with Crippen LogP contribution in [0.2, 0.25) is 0 Å². The van der Waals surface area contributed by atoms with Gasteiger partial charge in [-0.25, -0.2) is 4.79 Å². The standard InChI is InChI=1S/C22H24N2O4S2/c1-22(2,3)28-20(26)23-12-7-13-24-19(25)18(30-21(24)29)14-16-10-11-17(27-16)15-8-5-4-6-9-15/h4-6,8-11,14H,7,12-13H2,1-3H3,(H,23,26)/b18-14+. The van der Waals surface area contributed by atoms with Crippen LogP contribution in [0.4, 0.5) is 4.79 Å². The summed E-state index contributed by atoms with van der Waals surface area (Å²) in [6, 6.07) is 13.5. The van der Waals surface area contributed by atoms with E-state index in [1.165, 1.54) is 11.8 Å². The van der Waals surface area contributed by atoms with E-state index in [1.54, 1.807) is 31.7 Å². The van der Waals surface area contributed by atoms with Crippen molar-refractivity contribution in [1.82, 2.24) is 10.2 Å². The molecule has 2 aromatic rings. The van der Waals surface area contributed by atoms with Crippen molar-refractivity contribution in [1.29, 1.82) is 0 Å². The molecule has 3 rings (SSSR count). The summed E-state index contributed by atoms with van der Waals surface area (Å²) in [5, 5.41) is 2.68. The van der Waals surface area contributed by atoms with Crippen molar-refractivity contribution in [2.24, 2.45) is 0 Å². The lowest BCUT2D eigenvalue weighted by Gasteiger charge is -2.20. The summed E-state index contributed by atoms with van der Waals surface area (Å²) in [6.07, 6.45) is 1.81. The van der Waals surface area contributed by atoms with Crippen molar-refractivity contribution in [2.75, 3.05) is 13.1 Å². The van der Waals surface area contributed by atoms with E-state index in [-0.39, 0.29) is 5.91 Å². The molecule has 1 aromatic carbocycles. The number of hydrogen-bond donors (Lipinski definition) is 1. The highest BCUT2D eigenvalue weighted by molar-refractivity contribution is 8.26. The first-order valence-electron chi connectivity index (χ1n) is 9.60. The number of thioether (sulfide) groups is 1. The van der Waals surface area contributed by atoms with Crippen molar-refractivity contribution >= 4 is 46.4 Å². The minimum Gasteiger partial charge on any atom is -0.457 e. The summed E-state index contributed by atoms with van der Waals surface area (Å²) in [5.74, 6) is 1.19. The summed E-state index contributed by atoms with van der Waals surface area (Å²) >= 11 is 6.60. The van der Waals surface area contributed by atoms with Crippen LogP contribution in [0.5, 0.6) is 0 Å². The lowest BCUT2D eigenvalue weighted by atomic mass is 10.2. The second kappa shape index (κ2) is 9.49. The quantitative estimate of drug-likeness (QED) is 0.381. The van der Waals surface area contributed by atoms with Gasteiger partial charge in [0.05, 0.1) is 4.91 Å². The summed E-state index contributed by atoms with van der Waals surface area (Å²) < 4.78 is 11.5. The summed E-state index contributed by atoms with van der Waals surface area (Å²) in [4.78, 5) is 26.5. The highest BCUT2D eigenvalue weighted by Gasteiger charge is 2.31. The van der Waals surface area contributed by atoms with E-state index >= 15 is 0 Å². The van der Waals surface area contributed by atoms with Crippen molar-refractivity contribution in [2.45, 2.75) is 32.8 Å². The molecule has 0 bridgehead atoms. The highest BCUT2D eigenvalue weighted by atomic mass is 32.2. The molecule has 158 valence electrons. The highest BCUT2D eigenvalue weighted by Crippen LogP contribution is 2.33. The van der Waals surface area contributed by atoms with Crippen LogP contribution >= 0.6 is 24.0 Å². The predicted octanol–water partition coefficient (Wildman–Crippen LogP) is 5.06. The normalized spacial score (nSPS) is 15.7. The maximum atomic E-state index is 12.7. The Morgan fingerprint density at radius 1 is 1.23 bits per heavy atom. The molecule has 1 saturated heterocycles. The molecule has 0 spiro atoms. The van der Waals surface area contributed by atoms with E-state index in [9.17, 15) is 9.59 Å². The Hall–Kier alpha value is -2.58. The van der Waals surface area contributed by atoms with Crippen LogP contribution in [-0.2, 0) is 9.53 Å². The Morgan fingerprint density at radius 2 is 1.97 bits per heavy atom. The second-order valence-corrected chi connectivity index (χ2v) is 9.36. The minimum atomic E-state index is -0.543. The SMILES string of the molecule is CC(C)(C)OC(=O)NCCCN1C(=O)/C(=C\c2ccc(-c3ccccc3)o2)SC1=S. The van der Waals surface area contributed by atoms with E-state index in [2.05, 4.69) is 5.32 Å². The van der Waals surface area contributed by atoms with Gasteiger partial charge in [-0.05, 0) is 39.3 Å². The van der Waals surface area contributed by atoms with Gasteiger partial charge >= 0.3 is 6.09 Å². The van der Waals surface area contributed by atoms with Crippen LogP contribution in [0.15, 0.2) is 51.8 Å². The van der Waals surface area contributed by atoms with E-state index in [4.69, 9.17) is 21.4 Å². The number of carbonyl (C=O) groups is 2. The van der Waals surface area contributed by atoms with E-state index in [1.807, 2.05) is 42.5 Å². The third kappa shape index (κ3) is 5.96. The smallest absolute Gasteiger partial charge is 0.407 e. The van der Waals surface area contributed by atoms with Gasteiger partial charge in [0.25, 0.3) is 5.91 Å². The van der Waals surface area contributed by atoms with Gasteiger partial charge in [0.1, 0.15) is 21.4 Å². The van der Waals surface area contributed by atoms with Gasteiger partial charge in [0.15, 0.2) is 0 Å². The van der Waals surface area contributed by atoms with Crippen molar-refractivity contribution < 1.29 is 18.7 Å². The first kappa shape index (κ1) is 22.1. The molecule has 30 heavy (non-hydrogen) atoms. The molecule has 1 aromatic heterocycles. The number of thiocarbonyl (C=S) groups is 1. The lowest BCUT2D eigenvalue weighted by molar-refractivity contribution is -0.122. The fourth-order valence-corrected chi connectivity index (χ4v) is 4.04. The Labute approximate surface area is 185 Å². The Bertz CT molecular complexity index is 961. The number of rotatable bonds is 6. The molecule has 0 atom stereocenters. The molecular formula is C22H24N2O4S2. The third-order valence-electron chi connectivity index (χ3n) is 4.06. The van der Waals surface area contributed by atoms with Crippen molar-refractivity contribution in [3.05, 3.63) is 53.1 Å². The molecule has 0 unspecified atom stereocenters. The predicted molar refractivity (Wildman–Crippen MR) is 123 cm³/mol. The molecule has 2 heterocycles. The minimum absolute atomic E-state index is 0.153. The van der Waals surface area contributed by atoms with E-state index < -0.39 is 11.7 Å². The molecule has 8 heteroatoms. The van der Waals surface area contributed by atoms with E-state index in [0.29, 0.717) is 34.5 Å². The number of benzene rings is 1. The fraction of sp³-hybridized carbons (Fsp3) is 0.318. The number of carbonyl (C=O) groups excluding carboxylic acids is 2. The Balaban J connectivity index is 1.55. The van der Waals surface area contributed by atoms with Crippen LogP contribution in [0.25, 0.3) is 17.4 Å². The molecule has 0 aliphatic carbocycles. The first-order valence-corrected chi connectivity index (χ1v) is 10.8. The summed E-state index contributed by atoms with van der Waals surface area (Å²) in [7, 11) is 0. The van der Waals surface area contributed by atoms with Gasteiger partial charge in [-0.2, -0.15) is 0 Å². The van der Waals surface area contributed by atoms with Gasteiger partial charge in [-0.1, -0.05) is 54.3 Å². The number of nitrogens with zero attached hydrogens (tertiary/aromatic N) is 1. The fourth-order valence-electron chi connectivity index (χ4n) is 2.75. The number of alkyl carbamates (subject to hydrolysis) is 1. The molecule has 2 amide bonds. The monoisotopic (exact) mass is 444 g/mol. The summed E-state index contributed by atoms with van der Waals surface area (Å²) in [5.41, 5.74) is 0.432. The maximum Gasteiger partial charge on any atom is 0.407 e.